The number of Topliss-reactive ketones (excluding diaryl/α,β-unsaturated/α-hetero) is 1. The Kier molecular flexibility index (Phi) is 6.85. The summed E-state index contributed by atoms with van der Waals surface area (Å²) < 4.78 is 10.5. The van der Waals surface area contributed by atoms with Crippen molar-refractivity contribution in [3.8, 4) is 22.8 Å². The first kappa shape index (κ1) is 20.8. The van der Waals surface area contributed by atoms with Crippen LogP contribution in [0.2, 0.25) is 5.02 Å². The third-order valence-corrected chi connectivity index (χ3v) is 5.16. The molecule has 0 spiro atoms. The number of ether oxygens (including phenoxy) is 2. The van der Waals surface area contributed by atoms with E-state index in [2.05, 4.69) is 10.3 Å². The summed E-state index contributed by atoms with van der Waals surface area (Å²) in [5.41, 5.74) is 1.88. The Bertz CT molecular complexity index is 1020. The lowest BCUT2D eigenvalue weighted by Gasteiger charge is -2.06. The zero-order chi connectivity index (χ0) is 20.8. The number of hydrogen-bond acceptors (Lipinski definition) is 6. The predicted octanol–water partition coefficient (Wildman–Crippen LogP) is 5.08. The number of rotatable bonds is 8. The van der Waals surface area contributed by atoms with Gasteiger partial charge in [0.1, 0.15) is 18.1 Å². The van der Waals surface area contributed by atoms with Gasteiger partial charge in [-0.05, 0) is 42.5 Å². The number of benzene rings is 2. The number of carbonyl (C=O) groups is 2. The number of halogens is 1. The SMILES string of the molecule is CCC(=O)COc1ccc(C(=O)Nc2nc(-c3ccc(OC)cc3Cl)cs2)cc1. The van der Waals surface area contributed by atoms with Crippen molar-refractivity contribution in [3.63, 3.8) is 0 Å². The van der Waals surface area contributed by atoms with Crippen LogP contribution in [0.25, 0.3) is 11.3 Å². The molecule has 0 aliphatic rings. The highest BCUT2D eigenvalue weighted by Gasteiger charge is 2.13. The molecular formula is C21H19ClN2O4S. The highest BCUT2D eigenvalue weighted by Crippen LogP contribution is 2.33. The summed E-state index contributed by atoms with van der Waals surface area (Å²) in [6.07, 6.45) is 0.429. The number of carbonyl (C=O) groups excluding carboxylic acids is 2. The van der Waals surface area contributed by atoms with E-state index in [4.69, 9.17) is 21.1 Å². The average molecular weight is 431 g/mol. The fourth-order valence-electron chi connectivity index (χ4n) is 2.42. The van der Waals surface area contributed by atoms with Crippen LogP contribution in [0.4, 0.5) is 5.13 Å². The lowest BCUT2D eigenvalue weighted by molar-refractivity contribution is -0.120. The van der Waals surface area contributed by atoms with Crippen LogP contribution in [0, 0.1) is 0 Å². The number of amides is 1. The zero-order valence-corrected chi connectivity index (χ0v) is 17.5. The molecule has 3 rings (SSSR count). The lowest BCUT2D eigenvalue weighted by atomic mass is 10.1. The van der Waals surface area contributed by atoms with E-state index in [0.717, 1.165) is 5.56 Å². The van der Waals surface area contributed by atoms with Crippen molar-refractivity contribution in [2.75, 3.05) is 19.0 Å². The number of thiazole rings is 1. The number of aromatic nitrogens is 1. The van der Waals surface area contributed by atoms with Crippen LogP contribution in [0.5, 0.6) is 11.5 Å². The van der Waals surface area contributed by atoms with Gasteiger partial charge in [0.25, 0.3) is 5.91 Å². The van der Waals surface area contributed by atoms with Gasteiger partial charge in [0.2, 0.25) is 0 Å². The molecule has 2 aromatic carbocycles. The Labute approximate surface area is 177 Å². The maximum atomic E-state index is 12.5. The fraction of sp³-hybridized carbons (Fsp3) is 0.190. The largest absolute Gasteiger partial charge is 0.497 e. The predicted molar refractivity (Wildman–Crippen MR) is 114 cm³/mol. The maximum absolute atomic E-state index is 12.5. The van der Waals surface area contributed by atoms with E-state index in [0.29, 0.717) is 39.3 Å². The molecule has 0 aliphatic carbocycles. The van der Waals surface area contributed by atoms with Gasteiger partial charge >= 0.3 is 0 Å². The van der Waals surface area contributed by atoms with E-state index in [1.54, 1.807) is 50.4 Å². The molecule has 0 atom stereocenters. The first-order chi connectivity index (χ1) is 14.0. The van der Waals surface area contributed by atoms with Crippen molar-refractivity contribution in [2.24, 2.45) is 0 Å². The van der Waals surface area contributed by atoms with Crippen molar-refractivity contribution in [1.82, 2.24) is 4.98 Å². The quantitative estimate of drug-likeness (QED) is 0.539. The normalized spacial score (nSPS) is 10.4. The first-order valence-electron chi connectivity index (χ1n) is 8.85. The van der Waals surface area contributed by atoms with E-state index in [-0.39, 0.29) is 18.3 Å². The number of nitrogens with zero attached hydrogens (tertiary/aromatic N) is 1. The second-order valence-electron chi connectivity index (χ2n) is 6.04. The van der Waals surface area contributed by atoms with Gasteiger partial charge in [0.15, 0.2) is 10.9 Å². The monoisotopic (exact) mass is 430 g/mol. The molecule has 0 aliphatic heterocycles. The molecule has 6 nitrogen and oxygen atoms in total. The maximum Gasteiger partial charge on any atom is 0.257 e. The van der Waals surface area contributed by atoms with E-state index >= 15 is 0 Å². The minimum absolute atomic E-state index is 0.0170. The van der Waals surface area contributed by atoms with Crippen molar-refractivity contribution >= 4 is 39.8 Å². The van der Waals surface area contributed by atoms with Gasteiger partial charge < -0.3 is 9.47 Å². The molecule has 0 fully saturated rings. The highest BCUT2D eigenvalue weighted by molar-refractivity contribution is 7.14. The van der Waals surface area contributed by atoms with E-state index < -0.39 is 0 Å². The fourth-order valence-corrected chi connectivity index (χ4v) is 3.40. The number of ketones is 1. The van der Waals surface area contributed by atoms with Crippen LogP contribution >= 0.6 is 22.9 Å². The Morgan fingerprint density at radius 3 is 2.52 bits per heavy atom. The third-order valence-electron chi connectivity index (χ3n) is 4.09. The van der Waals surface area contributed by atoms with E-state index in [1.807, 2.05) is 11.4 Å². The summed E-state index contributed by atoms with van der Waals surface area (Å²) in [6, 6.07) is 11.9. The van der Waals surface area contributed by atoms with Crippen LogP contribution in [0.1, 0.15) is 23.7 Å². The van der Waals surface area contributed by atoms with Crippen molar-refractivity contribution < 1.29 is 19.1 Å². The molecule has 3 aromatic rings. The molecular weight excluding hydrogens is 412 g/mol. The average Bonchev–Trinajstić information content (AvgIpc) is 3.20. The second kappa shape index (κ2) is 9.54. The van der Waals surface area contributed by atoms with Crippen molar-refractivity contribution in [2.45, 2.75) is 13.3 Å². The zero-order valence-electron chi connectivity index (χ0n) is 15.9. The smallest absolute Gasteiger partial charge is 0.257 e. The Morgan fingerprint density at radius 1 is 1.14 bits per heavy atom. The van der Waals surface area contributed by atoms with Gasteiger partial charge in [0.05, 0.1) is 17.8 Å². The van der Waals surface area contributed by atoms with Gasteiger partial charge in [-0.15, -0.1) is 11.3 Å². The minimum atomic E-state index is -0.289. The molecule has 29 heavy (non-hydrogen) atoms. The Morgan fingerprint density at radius 2 is 1.86 bits per heavy atom. The van der Waals surface area contributed by atoms with Crippen LogP contribution in [0.15, 0.2) is 47.8 Å². The molecule has 1 aromatic heterocycles. The molecule has 1 heterocycles. The first-order valence-corrected chi connectivity index (χ1v) is 10.1. The highest BCUT2D eigenvalue weighted by atomic mass is 35.5. The summed E-state index contributed by atoms with van der Waals surface area (Å²) in [5, 5.41) is 5.58. The molecule has 1 N–H and O–H groups in total. The molecule has 0 saturated heterocycles. The standard InChI is InChI=1S/C21H19ClN2O4S/c1-3-14(25)11-28-15-6-4-13(5-7-15)20(26)24-21-23-19(12-29-21)17-9-8-16(27-2)10-18(17)22/h4-10,12H,3,11H2,1-2H3,(H,23,24,26). The van der Waals surface area contributed by atoms with Gasteiger partial charge in [-0.2, -0.15) is 0 Å². The molecule has 0 radical (unpaired) electrons. The van der Waals surface area contributed by atoms with Gasteiger partial charge in [-0.25, -0.2) is 4.98 Å². The third kappa shape index (κ3) is 5.34. The number of anilines is 1. The summed E-state index contributed by atoms with van der Waals surface area (Å²) >= 11 is 7.60. The molecule has 0 unspecified atom stereocenters. The topological polar surface area (TPSA) is 77.5 Å². The van der Waals surface area contributed by atoms with Crippen molar-refractivity contribution in [1.29, 1.82) is 0 Å². The molecule has 0 bridgehead atoms. The Hall–Kier alpha value is -2.90. The number of hydrogen-bond donors (Lipinski definition) is 1. The molecule has 8 heteroatoms. The van der Waals surface area contributed by atoms with Crippen LogP contribution in [-0.2, 0) is 4.79 Å². The second-order valence-corrected chi connectivity index (χ2v) is 7.31. The summed E-state index contributed by atoms with van der Waals surface area (Å²) in [6.45, 7) is 1.81. The van der Waals surface area contributed by atoms with Crippen LogP contribution < -0.4 is 14.8 Å². The Balaban J connectivity index is 1.65. The lowest BCUT2D eigenvalue weighted by Crippen LogP contribution is -2.12. The van der Waals surface area contributed by atoms with Gasteiger partial charge in [-0.3, -0.25) is 14.9 Å². The summed E-state index contributed by atoms with van der Waals surface area (Å²) in [4.78, 5) is 28.2. The number of methoxy groups -OCH3 is 1. The molecule has 0 saturated carbocycles. The summed E-state index contributed by atoms with van der Waals surface area (Å²) in [5.74, 6) is 0.925. The van der Waals surface area contributed by atoms with E-state index in [1.165, 1.54) is 11.3 Å². The minimum Gasteiger partial charge on any atom is -0.497 e. The number of nitrogens with one attached hydrogen (secondary N) is 1. The van der Waals surface area contributed by atoms with E-state index in [9.17, 15) is 9.59 Å². The van der Waals surface area contributed by atoms with Crippen LogP contribution in [0.3, 0.4) is 0 Å². The molecule has 1 amide bonds. The van der Waals surface area contributed by atoms with Crippen LogP contribution in [-0.4, -0.2) is 30.4 Å². The summed E-state index contributed by atoms with van der Waals surface area (Å²) in [7, 11) is 1.57. The van der Waals surface area contributed by atoms with Gasteiger partial charge in [-0.1, -0.05) is 18.5 Å². The van der Waals surface area contributed by atoms with Crippen molar-refractivity contribution in [3.05, 3.63) is 58.4 Å². The van der Waals surface area contributed by atoms with Gasteiger partial charge in [0, 0.05) is 22.9 Å². The molecule has 150 valence electrons.